The maximum atomic E-state index is 14.9. The summed E-state index contributed by atoms with van der Waals surface area (Å²) in [6.45, 7) is 7.18. The van der Waals surface area contributed by atoms with Crippen LogP contribution in [0.15, 0.2) is 23.1 Å². The van der Waals surface area contributed by atoms with Crippen LogP contribution >= 0.6 is 0 Å². The molecule has 0 spiro atoms. The number of fused-ring (bicyclic) bond motifs is 1. The van der Waals surface area contributed by atoms with Crippen molar-refractivity contribution >= 4 is 10.8 Å². The molecule has 0 bridgehead atoms. The number of aryl methyl sites for hydroxylation is 1. The molecule has 5 nitrogen and oxygen atoms in total. The van der Waals surface area contributed by atoms with E-state index in [-0.39, 0.29) is 17.4 Å². The third-order valence-electron chi connectivity index (χ3n) is 5.67. The molecule has 4 rings (SSSR count). The highest BCUT2D eigenvalue weighted by Gasteiger charge is 2.25. The number of ether oxygens (including phenoxy) is 1. The highest BCUT2D eigenvalue weighted by atomic mass is 19.1. The van der Waals surface area contributed by atoms with E-state index in [1.807, 2.05) is 0 Å². The molecular weight excluding hydrogens is 333 g/mol. The lowest BCUT2D eigenvalue weighted by molar-refractivity contribution is 0.0900. The molecule has 2 saturated heterocycles. The standard InChI is InChI=1S/C20H26FN3O2/c1-13-10-23-20(25)16-2-3-17(19(21)18(13)16)26-15-5-8-24(9-6-15)12-14-4-7-22-11-14/h2-3,10,14-15,22H,4-9,11-12H2,1H3,(H,23,25). The zero-order valence-electron chi connectivity index (χ0n) is 15.2. The van der Waals surface area contributed by atoms with Crippen LogP contribution in [0.3, 0.4) is 0 Å². The van der Waals surface area contributed by atoms with Crippen LogP contribution in [0.2, 0.25) is 0 Å². The third-order valence-corrected chi connectivity index (χ3v) is 5.67. The SMILES string of the molecule is Cc1c[nH]c(=O)c2ccc(OC3CCN(CC4CCNC4)CC3)c(F)c12. The van der Waals surface area contributed by atoms with Gasteiger partial charge in [-0.05, 0) is 62.9 Å². The van der Waals surface area contributed by atoms with Crippen LogP contribution < -0.4 is 15.6 Å². The number of piperidine rings is 1. The van der Waals surface area contributed by atoms with Crippen LogP contribution in [0.5, 0.6) is 5.75 Å². The lowest BCUT2D eigenvalue weighted by atomic mass is 10.0. The second-order valence-corrected chi connectivity index (χ2v) is 7.58. The van der Waals surface area contributed by atoms with Gasteiger partial charge < -0.3 is 19.9 Å². The van der Waals surface area contributed by atoms with Gasteiger partial charge in [-0.3, -0.25) is 4.79 Å². The van der Waals surface area contributed by atoms with Crippen molar-refractivity contribution in [2.45, 2.75) is 32.3 Å². The lowest BCUT2D eigenvalue weighted by Gasteiger charge is -2.33. The number of hydrogen-bond acceptors (Lipinski definition) is 4. The number of H-pyrrole nitrogens is 1. The van der Waals surface area contributed by atoms with Crippen molar-refractivity contribution in [2.24, 2.45) is 5.92 Å². The van der Waals surface area contributed by atoms with Gasteiger partial charge in [0.1, 0.15) is 6.10 Å². The van der Waals surface area contributed by atoms with Crippen LogP contribution in [0, 0.1) is 18.7 Å². The summed E-state index contributed by atoms with van der Waals surface area (Å²) < 4.78 is 20.9. The molecule has 2 aliphatic rings. The van der Waals surface area contributed by atoms with Gasteiger partial charge in [0.05, 0.1) is 5.39 Å². The van der Waals surface area contributed by atoms with Gasteiger partial charge in [0.15, 0.2) is 11.6 Å². The average Bonchev–Trinajstić information content (AvgIpc) is 3.15. The summed E-state index contributed by atoms with van der Waals surface area (Å²) in [5.41, 5.74) is 0.438. The molecule has 2 aromatic rings. The van der Waals surface area contributed by atoms with Crippen LogP contribution in [0.25, 0.3) is 10.8 Å². The Labute approximate surface area is 152 Å². The third kappa shape index (κ3) is 3.48. The number of rotatable bonds is 4. The summed E-state index contributed by atoms with van der Waals surface area (Å²) in [4.78, 5) is 17.0. The fourth-order valence-corrected chi connectivity index (χ4v) is 4.17. The largest absolute Gasteiger partial charge is 0.487 e. The van der Waals surface area contributed by atoms with Crippen molar-refractivity contribution in [3.63, 3.8) is 0 Å². The second-order valence-electron chi connectivity index (χ2n) is 7.58. The van der Waals surface area contributed by atoms with E-state index in [0.29, 0.717) is 16.3 Å². The predicted molar refractivity (Wildman–Crippen MR) is 100 cm³/mol. The number of hydrogen-bond donors (Lipinski definition) is 2. The number of likely N-dealkylation sites (tertiary alicyclic amines) is 1. The maximum absolute atomic E-state index is 14.9. The summed E-state index contributed by atoms with van der Waals surface area (Å²) in [5, 5.41) is 4.14. The van der Waals surface area contributed by atoms with E-state index in [1.54, 1.807) is 25.3 Å². The molecule has 140 valence electrons. The molecule has 3 heterocycles. The number of aromatic amines is 1. The number of benzene rings is 1. The first-order valence-electron chi connectivity index (χ1n) is 9.52. The molecular formula is C20H26FN3O2. The first kappa shape index (κ1) is 17.5. The van der Waals surface area contributed by atoms with Gasteiger partial charge >= 0.3 is 0 Å². The topological polar surface area (TPSA) is 57.4 Å². The van der Waals surface area contributed by atoms with Crippen molar-refractivity contribution in [2.75, 3.05) is 32.7 Å². The minimum atomic E-state index is -0.425. The summed E-state index contributed by atoms with van der Waals surface area (Å²) in [6, 6.07) is 3.24. The summed E-state index contributed by atoms with van der Waals surface area (Å²) in [7, 11) is 0. The number of aromatic nitrogens is 1. The Morgan fingerprint density at radius 1 is 1.27 bits per heavy atom. The molecule has 0 radical (unpaired) electrons. The Kier molecular flexibility index (Phi) is 4.96. The molecule has 2 N–H and O–H groups in total. The van der Waals surface area contributed by atoms with Crippen molar-refractivity contribution in [3.8, 4) is 5.75 Å². The van der Waals surface area contributed by atoms with Crippen molar-refractivity contribution in [3.05, 3.63) is 40.1 Å². The van der Waals surface area contributed by atoms with Gasteiger partial charge in [0, 0.05) is 31.2 Å². The van der Waals surface area contributed by atoms with Crippen molar-refractivity contribution < 1.29 is 9.13 Å². The van der Waals surface area contributed by atoms with E-state index in [2.05, 4.69) is 15.2 Å². The van der Waals surface area contributed by atoms with E-state index in [9.17, 15) is 9.18 Å². The van der Waals surface area contributed by atoms with E-state index in [0.717, 1.165) is 51.5 Å². The molecule has 2 fully saturated rings. The normalized spacial score (nSPS) is 22.2. The highest BCUT2D eigenvalue weighted by Crippen LogP contribution is 2.29. The van der Waals surface area contributed by atoms with E-state index in [4.69, 9.17) is 4.74 Å². The molecule has 0 aliphatic carbocycles. The predicted octanol–water partition coefficient (Wildman–Crippen LogP) is 2.43. The van der Waals surface area contributed by atoms with Crippen LogP contribution in [-0.2, 0) is 0 Å². The quantitative estimate of drug-likeness (QED) is 0.880. The van der Waals surface area contributed by atoms with Gasteiger partial charge in [0.25, 0.3) is 5.56 Å². The highest BCUT2D eigenvalue weighted by molar-refractivity contribution is 5.86. The summed E-state index contributed by atoms with van der Waals surface area (Å²) >= 11 is 0. The van der Waals surface area contributed by atoms with Gasteiger partial charge in [0.2, 0.25) is 0 Å². The van der Waals surface area contributed by atoms with Crippen molar-refractivity contribution in [1.29, 1.82) is 0 Å². The molecule has 1 unspecified atom stereocenters. The molecule has 0 saturated carbocycles. The average molecular weight is 359 g/mol. The Morgan fingerprint density at radius 2 is 2.08 bits per heavy atom. The number of pyridine rings is 1. The number of nitrogens with one attached hydrogen (secondary N) is 2. The fraction of sp³-hybridized carbons (Fsp3) is 0.550. The van der Waals surface area contributed by atoms with E-state index < -0.39 is 5.82 Å². The number of nitrogens with zero attached hydrogens (tertiary/aromatic N) is 1. The Bertz CT molecular complexity index is 837. The maximum Gasteiger partial charge on any atom is 0.255 e. The minimum absolute atomic E-state index is 0.0298. The van der Waals surface area contributed by atoms with Gasteiger partial charge in [-0.25, -0.2) is 4.39 Å². The molecule has 26 heavy (non-hydrogen) atoms. The van der Waals surface area contributed by atoms with Gasteiger partial charge in [-0.2, -0.15) is 0 Å². The Balaban J connectivity index is 1.43. The smallest absolute Gasteiger partial charge is 0.255 e. The zero-order valence-corrected chi connectivity index (χ0v) is 15.2. The second kappa shape index (κ2) is 7.37. The summed E-state index contributed by atoms with van der Waals surface area (Å²) in [6.07, 6.45) is 4.66. The molecule has 1 aromatic carbocycles. The van der Waals surface area contributed by atoms with E-state index in [1.165, 1.54) is 6.42 Å². The molecule has 6 heteroatoms. The van der Waals surface area contributed by atoms with Crippen LogP contribution in [-0.4, -0.2) is 48.7 Å². The first-order chi connectivity index (χ1) is 12.6. The monoisotopic (exact) mass is 359 g/mol. The van der Waals surface area contributed by atoms with Gasteiger partial charge in [-0.15, -0.1) is 0 Å². The molecule has 2 aliphatic heterocycles. The lowest BCUT2D eigenvalue weighted by Crippen LogP contribution is -2.41. The summed E-state index contributed by atoms with van der Waals surface area (Å²) in [5.74, 6) is 0.585. The Hall–Kier alpha value is -1.92. The Morgan fingerprint density at radius 3 is 2.81 bits per heavy atom. The molecule has 1 atom stereocenters. The zero-order chi connectivity index (χ0) is 18.1. The van der Waals surface area contributed by atoms with Crippen molar-refractivity contribution in [1.82, 2.24) is 15.2 Å². The van der Waals surface area contributed by atoms with Gasteiger partial charge in [-0.1, -0.05) is 0 Å². The van der Waals surface area contributed by atoms with E-state index >= 15 is 0 Å². The first-order valence-corrected chi connectivity index (χ1v) is 9.52. The van der Waals surface area contributed by atoms with Crippen LogP contribution in [0.1, 0.15) is 24.8 Å². The minimum Gasteiger partial charge on any atom is -0.487 e. The fourth-order valence-electron chi connectivity index (χ4n) is 4.17. The molecule has 1 aromatic heterocycles. The number of halogens is 1. The van der Waals surface area contributed by atoms with Crippen LogP contribution in [0.4, 0.5) is 4.39 Å². The molecule has 0 amide bonds.